The molecule has 2 rings (SSSR count). The van der Waals surface area contributed by atoms with Gasteiger partial charge in [0.15, 0.2) is 6.61 Å². The predicted octanol–water partition coefficient (Wildman–Crippen LogP) is 3.16. The van der Waals surface area contributed by atoms with Gasteiger partial charge >= 0.3 is 5.97 Å². The van der Waals surface area contributed by atoms with Crippen LogP contribution in [0.4, 0.5) is 11.4 Å². The molecule has 2 aromatic carbocycles. The van der Waals surface area contributed by atoms with Gasteiger partial charge in [-0.3, -0.25) is 4.79 Å². The molecule has 3 N–H and O–H groups in total. The number of nitrogens with two attached hydrogens (primary N) is 1. The molecule has 0 heterocycles. The summed E-state index contributed by atoms with van der Waals surface area (Å²) >= 11 is 0. The lowest BCUT2D eigenvalue weighted by atomic mass is 10.2. The van der Waals surface area contributed by atoms with Gasteiger partial charge in [-0.15, -0.1) is 0 Å². The van der Waals surface area contributed by atoms with Crippen molar-refractivity contribution in [2.45, 2.75) is 26.9 Å². The maximum Gasteiger partial charge on any atom is 0.338 e. The van der Waals surface area contributed by atoms with Crippen LogP contribution < -0.4 is 15.8 Å². The highest BCUT2D eigenvalue weighted by Gasteiger charge is 2.13. The van der Waals surface area contributed by atoms with Crippen molar-refractivity contribution in [2.75, 3.05) is 17.7 Å². The molecule has 0 atom stereocenters. The summed E-state index contributed by atoms with van der Waals surface area (Å²) in [6.45, 7) is 5.21. The fourth-order valence-electron chi connectivity index (χ4n) is 2.11. The van der Waals surface area contributed by atoms with Crippen LogP contribution in [-0.4, -0.2) is 24.6 Å². The van der Waals surface area contributed by atoms with E-state index < -0.39 is 5.97 Å². The molecule has 6 heteroatoms. The fourth-order valence-corrected chi connectivity index (χ4v) is 2.11. The lowest BCUT2D eigenvalue weighted by Gasteiger charge is -2.12. The number of benzene rings is 2. The third-order valence-electron chi connectivity index (χ3n) is 3.37. The first-order valence-corrected chi connectivity index (χ1v) is 7.95. The zero-order chi connectivity index (χ0) is 18.4. The minimum Gasteiger partial charge on any atom is -0.482 e. The molecule has 0 bridgehead atoms. The van der Waals surface area contributed by atoms with Crippen LogP contribution in [0.5, 0.6) is 5.75 Å². The second-order valence-corrected chi connectivity index (χ2v) is 5.86. The molecule has 0 saturated heterocycles. The van der Waals surface area contributed by atoms with Gasteiger partial charge < -0.3 is 20.5 Å². The van der Waals surface area contributed by atoms with E-state index in [1.165, 1.54) is 6.07 Å². The second-order valence-electron chi connectivity index (χ2n) is 5.86. The Hall–Kier alpha value is -3.02. The summed E-state index contributed by atoms with van der Waals surface area (Å²) in [4.78, 5) is 24.0. The van der Waals surface area contributed by atoms with Crippen LogP contribution in [0.15, 0.2) is 42.5 Å². The smallest absolute Gasteiger partial charge is 0.338 e. The summed E-state index contributed by atoms with van der Waals surface area (Å²) < 4.78 is 10.6. The summed E-state index contributed by atoms with van der Waals surface area (Å²) in [5, 5.41) is 2.77. The number of nitrogens with one attached hydrogen (secondary N) is 1. The highest BCUT2D eigenvalue weighted by atomic mass is 16.5. The molecule has 1 amide bonds. The number of rotatable bonds is 6. The summed E-state index contributed by atoms with van der Waals surface area (Å²) in [7, 11) is 0. The highest BCUT2D eigenvalue weighted by molar-refractivity contribution is 5.93. The van der Waals surface area contributed by atoms with Crippen molar-refractivity contribution in [2.24, 2.45) is 0 Å². The third-order valence-corrected chi connectivity index (χ3v) is 3.37. The number of hydrogen-bond acceptors (Lipinski definition) is 5. The molecular formula is C19H22N2O4. The minimum atomic E-state index is -0.468. The number of carbonyl (C=O) groups excluding carboxylic acids is 2. The minimum absolute atomic E-state index is 0.221. The Morgan fingerprint density at radius 3 is 2.56 bits per heavy atom. The van der Waals surface area contributed by atoms with Gasteiger partial charge in [-0.1, -0.05) is 18.2 Å². The zero-order valence-electron chi connectivity index (χ0n) is 14.5. The molecule has 25 heavy (non-hydrogen) atoms. The van der Waals surface area contributed by atoms with E-state index in [4.69, 9.17) is 15.2 Å². The molecule has 0 radical (unpaired) electrons. The van der Waals surface area contributed by atoms with E-state index in [9.17, 15) is 9.59 Å². The van der Waals surface area contributed by atoms with Gasteiger partial charge in [0.2, 0.25) is 0 Å². The van der Waals surface area contributed by atoms with Crippen molar-refractivity contribution in [3.63, 3.8) is 0 Å². The van der Waals surface area contributed by atoms with Crippen LogP contribution in [0.1, 0.15) is 29.8 Å². The number of amides is 1. The number of esters is 1. The first kappa shape index (κ1) is 18.3. The molecule has 0 spiro atoms. The molecule has 0 saturated carbocycles. The Bertz CT molecular complexity index is 772. The summed E-state index contributed by atoms with van der Waals surface area (Å²) in [6.07, 6.45) is -0.227. The quantitative estimate of drug-likeness (QED) is 0.621. The maximum absolute atomic E-state index is 12.0. The maximum atomic E-state index is 12.0. The molecule has 0 unspecified atom stereocenters. The number of anilines is 2. The van der Waals surface area contributed by atoms with Crippen molar-refractivity contribution in [1.29, 1.82) is 0 Å². The summed E-state index contributed by atoms with van der Waals surface area (Å²) in [5.74, 6) is -0.522. The molecule has 0 aromatic heterocycles. The lowest BCUT2D eigenvalue weighted by Crippen LogP contribution is -2.21. The van der Waals surface area contributed by atoms with E-state index in [1.807, 2.05) is 31.2 Å². The van der Waals surface area contributed by atoms with Crippen LogP contribution in [-0.2, 0) is 9.53 Å². The Kier molecular flexibility index (Phi) is 6.00. The average molecular weight is 342 g/mol. The summed E-state index contributed by atoms with van der Waals surface area (Å²) in [6, 6.07) is 12.0. The largest absolute Gasteiger partial charge is 0.482 e. The van der Waals surface area contributed by atoms with Crippen molar-refractivity contribution in [3.8, 4) is 5.75 Å². The SMILES string of the molecule is Cc1ccccc1NC(=O)COc1cc(C(=O)OC(C)C)ccc1N. The topological polar surface area (TPSA) is 90.6 Å². The number of nitrogen functional groups attached to an aromatic ring is 1. The van der Waals surface area contributed by atoms with Gasteiger partial charge in [0.1, 0.15) is 5.75 Å². The fraction of sp³-hybridized carbons (Fsp3) is 0.263. The first-order valence-electron chi connectivity index (χ1n) is 7.95. The average Bonchev–Trinajstić information content (AvgIpc) is 2.55. The van der Waals surface area contributed by atoms with E-state index in [-0.39, 0.29) is 24.4 Å². The van der Waals surface area contributed by atoms with E-state index in [2.05, 4.69) is 5.32 Å². The Morgan fingerprint density at radius 2 is 1.88 bits per heavy atom. The molecule has 6 nitrogen and oxygen atoms in total. The van der Waals surface area contributed by atoms with Crippen LogP contribution in [0.3, 0.4) is 0 Å². The van der Waals surface area contributed by atoms with E-state index >= 15 is 0 Å². The molecule has 0 aliphatic rings. The molecule has 0 aliphatic carbocycles. The highest BCUT2D eigenvalue weighted by Crippen LogP contribution is 2.23. The lowest BCUT2D eigenvalue weighted by molar-refractivity contribution is -0.118. The van der Waals surface area contributed by atoms with Gasteiger partial charge in [-0.05, 0) is 50.6 Å². The van der Waals surface area contributed by atoms with Gasteiger partial charge in [0, 0.05) is 5.69 Å². The zero-order valence-corrected chi connectivity index (χ0v) is 14.5. The van der Waals surface area contributed by atoms with E-state index in [1.54, 1.807) is 26.0 Å². The Morgan fingerprint density at radius 1 is 1.16 bits per heavy atom. The van der Waals surface area contributed by atoms with Gasteiger partial charge in [0.25, 0.3) is 5.91 Å². The molecule has 0 aliphatic heterocycles. The van der Waals surface area contributed by atoms with Crippen molar-refractivity contribution < 1.29 is 19.1 Å². The molecular weight excluding hydrogens is 320 g/mol. The van der Waals surface area contributed by atoms with Crippen LogP contribution in [0.25, 0.3) is 0 Å². The Labute approximate surface area is 146 Å². The van der Waals surface area contributed by atoms with Crippen molar-refractivity contribution in [1.82, 2.24) is 0 Å². The molecule has 2 aromatic rings. The Balaban J connectivity index is 2.01. The number of hydrogen-bond donors (Lipinski definition) is 2. The normalized spacial score (nSPS) is 10.4. The van der Waals surface area contributed by atoms with Crippen LogP contribution >= 0.6 is 0 Å². The third kappa shape index (κ3) is 5.24. The number of aryl methyl sites for hydroxylation is 1. The van der Waals surface area contributed by atoms with E-state index in [0.717, 1.165) is 11.3 Å². The van der Waals surface area contributed by atoms with Gasteiger partial charge in [-0.2, -0.15) is 0 Å². The number of carbonyl (C=O) groups is 2. The number of para-hydroxylation sites is 1. The van der Waals surface area contributed by atoms with Crippen LogP contribution in [0.2, 0.25) is 0 Å². The first-order chi connectivity index (χ1) is 11.9. The van der Waals surface area contributed by atoms with E-state index in [0.29, 0.717) is 11.3 Å². The molecule has 132 valence electrons. The van der Waals surface area contributed by atoms with Crippen molar-refractivity contribution in [3.05, 3.63) is 53.6 Å². The standard InChI is InChI=1S/C19H22N2O4/c1-12(2)25-19(23)14-8-9-15(20)17(10-14)24-11-18(22)21-16-7-5-4-6-13(16)3/h4-10,12H,11,20H2,1-3H3,(H,21,22). The molecule has 0 fully saturated rings. The summed E-state index contributed by atoms with van der Waals surface area (Å²) in [5.41, 5.74) is 8.17. The van der Waals surface area contributed by atoms with Crippen molar-refractivity contribution >= 4 is 23.3 Å². The van der Waals surface area contributed by atoms with Gasteiger partial charge in [-0.25, -0.2) is 4.79 Å². The monoisotopic (exact) mass is 342 g/mol. The second kappa shape index (κ2) is 8.19. The predicted molar refractivity (Wildman–Crippen MR) is 96.7 cm³/mol. The number of ether oxygens (including phenoxy) is 2. The van der Waals surface area contributed by atoms with Gasteiger partial charge in [0.05, 0.1) is 17.4 Å². The van der Waals surface area contributed by atoms with Crippen LogP contribution in [0, 0.1) is 6.92 Å².